The highest BCUT2D eigenvalue weighted by Gasteiger charge is 2.34. The van der Waals surface area contributed by atoms with Gasteiger partial charge in [0, 0.05) is 6.07 Å². The molecule has 21 heavy (non-hydrogen) atoms. The third-order valence-electron chi connectivity index (χ3n) is 2.93. The lowest BCUT2D eigenvalue weighted by molar-refractivity contribution is -0.386. The van der Waals surface area contributed by atoms with Crippen molar-refractivity contribution in [1.29, 1.82) is 0 Å². The highest BCUT2D eigenvalue weighted by Crippen LogP contribution is 2.35. The predicted octanol–water partition coefficient (Wildman–Crippen LogP) is 1.62. The first-order valence-corrected chi connectivity index (χ1v) is 6.04. The van der Waals surface area contributed by atoms with Gasteiger partial charge in [0.2, 0.25) is 0 Å². The number of hydrogen-bond donors (Lipinski definition) is 3. The van der Waals surface area contributed by atoms with Crippen LogP contribution in [0.5, 0.6) is 0 Å². The minimum atomic E-state index is -4.72. The van der Waals surface area contributed by atoms with Crippen molar-refractivity contribution in [1.82, 2.24) is 5.32 Å². The van der Waals surface area contributed by atoms with E-state index in [9.17, 15) is 33.5 Å². The number of aliphatic hydroxyl groups is 2. The first kappa shape index (κ1) is 17.3. The van der Waals surface area contributed by atoms with Crippen LogP contribution in [0.3, 0.4) is 0 Å². The predicted molar refractivity (Wildman–Crippen MR) is 67.6 cm³/mol. The molecule has 0 aliphatic carbocycles. The molecule has 118 valence electrons. The van der Waals surface area contributed by atoms with Crippen LogP contribution in [0.25, 0.3) is 0 Å². The fourth-order valence-corrected chi connectivity index (χ4v) is 1.79. The molecule has 1 rings (SSSR count). The minimum Gasteiger partial charge on any atom is -0.390 e. The Morgan fingerprint density at radius 1 is 1.38 bits per heavy atom. The monoisotopic (exact) mass is 308 g/mol. The van der Waals surface area contributed by atoms with Crippen LogP contribution in [0, 0.1) is 10.1 Å². The summed E-state index contributed by atoms with van der Waals surface area (Å²) in [6, 6.07) is 1.80. The lowest BCUT2D eigenvalue weighted by Gasteiger charge is -2.18. The summed E-state index contributed by atoms with van der Waals surface area (Å²) in [4.78, 5) is 9.86. The molecule has 0 aromatic heterocycles. The average Bonchev–Trinajstić information content (AvgIpc) is 2.42. The highest BCUT2D eigenvalue weighted by molar-refractivity contribution is 5.45. The lowest BCUT2D eigenvalue weighted by Crippen LogP contribution is -2.24. The first-order valence-electron chi connectivity index (χ1n) is 6.04. The molecule has 0 spiro atoms. The number of nitrogens with one attached hydrogen (secondary N) is 1. The standard InChI is InChI=1S/C12H15F3N2O4/c1-16-5-4-10(18)11(19)8-3-2-7(12(13,14)15)6-9(8)17(20)21/h2-3,6,10-11,16,18-19H,4-5H2,1H3. The summed E-state index contributed by atoms with van der Waals surface area (Å²) in [5, 5.41) is 33.2. The van der Waals surface area contributed by atoms with Crippen molar-refractivity contribution in [3.05, 3.63) is 39.4 Å². The fourth-order valence-electron chi connectivity index (χ4n) is 1.79. The van der Waals surface area contributed by atoms with E-state index in [1.165, 1.54) is 0 Å². The maximum Gasteiger partial charge on any atom is 0.416 e. The van der Waals surface area contributed by atoms with Gasteiger partial charge in [-0.15, -0.1) is 0 Å². The van der Waals surface area contributed by atoms with Gasteiger partial charge in [0.1, 0.15) is 6.10 Å². The molecular formula is C12H15F3N2O4. The Balaban J connectivity index is 3.15. The van der Waals surface area contributed by atoms with Crippen LogP contribution < -0.4 is 5.32 Å². The summed E-state index contributed by atoms with van der Waals surface area (Å²) in [6.45, 7) is 0.340. The number of nitrogens with zero attached hydrogens (tertiary/aromatic N) is 1. The Bertz CT molecular complexity index is 508. The number of hydrogen-bond acceptors (Lipinski definition) is 5. The summed E-state index contributed by atoms with van der Waals surface area (Å²) < 4.78 is 37.6. The molecule has 0 heterocycles. The van der Waals surface area contributed by atoms with Crippen molar-refractivity contribution in [2.24, 2.45) is 0 Å². The SMILES string of the molecule is CNCCC(O)C(O)c1ccc(C(F)(F)F)cc1[N+](=O)[O-]. The third-order valence-corrected chi connectivity index (χ3v) is 2.93. The van der Waals surface area contributed by atoms with Crippen molar-refractivity contribution in [2.75, 3.05) is 13.6 Å². The normalized spacial score (nSPS) is 14.8. The maximum atomic E-state index is 12.5. The second kappa shape index (κ2) is 6.83. The van der Waals surface area contributed by atoms with Gasteiger partial charge in [0.05, 0.1) is 22.2 Å². The van der Waals surface area contributed by atoms with Crippen LogP contribution >= 0.6 is 0 Å². The molecule has 0 bridgehead atoms. The Labute approximate surface area is 118 Å². The Morgan fingerprint density at radius 2 is 2.00 bits per heavy atom. The molecule has 1 aromatic rings. The Morgan fingerprint density at radius 3 is 2.48 bits per heavy atom. The number of rotatable bonds is 6. The van der Waals surface area contributed by atoms with Crippen LogP contribution in [0.1, 0.15) is 23.7 Å². The topological polar surface area (TPSA) is 95.6 Å². The molecular weight excluding hydrogens is 293 g/mol. The fraction of sp³-hybridized carbons (Fsp3) is 0.500. The van der Waals surface area contributed by atoms with E-state index in [1.807, 2.05) is 0 Å². The van der Waals surface area contributed by atoms with E-state index in [2.05, 4.69) is 5.32 Å². The van der Waals surface area contributed by atoms with Crippen LogP contribution in [-0.4, -0.2) is 34.8 Å². The van der Waals surface area contributed by atoms with Gasteiger partial charge < -0.3 is 15.5 Å². The summed E-state index contributed by atoms with van der Waals surface area (Å²) >= 11 is 0. The van der Waals surface area contributed by atoms with Crippen LogP contribution in [0.15, 0.2) is 18.2 Å². The smallest absolute Gasteiger partial charge is 0.390 e. The van der Waals surface area contributed by atoms with Gasteiger partial charge in [-0.3, -0.25) is 10.1 Å². The summed E-state index contributed by atoms with van der Waals surface area (Å²) in [6.07, 6.45) is -7.59. The Hall–Kier alpha value is -1.71. The number of aliphatic hydroxyl groups excluding tert-OH is 2. The van der Waals surface area contributed by atoms with Crippen molar-refractivity contribution in [3.63, 3.8) is 0 Å². The zero-order chi connectivity index (χ0) is 16.2. The quantitative estimate of drug-likeness (QED) is 0.548. The van der Waals surface area contributed by atoms with Gasteiger partial charge in [-0.25, -0.2) is 0 Å². The number of nitro groups is 1. The van der Waals surface area contributed by atoms with E-state index in [-0.39, 0.29) is 12.0 Å². The molecule has 1 aromatic carbocycles. The molecule has 0 radical (unpaired) electrons. The van der Waals surface area contributed by atoms with Gasteiger partial charge in [-0.1, -0.05) is 0 Å². The van der Waals surface area contributed by atoms with E-state index in [4.69, 9.17) is 0 Å². The molecule has 6 nitrogen and oxygen atoms in total. The van der Waals surface area contributed by atoms with E-state index in [1.54, 1.807) is 7.05 Å². The molecule has 0 saturated carbocycles. The van der Waals surface area contributed by atoms with Crippen LogP contribution in [-0.2, 0) is 6.18 Å². The molecule has 0 fully saturated rings. The number of halogens is 3. The van der Waals surface area contributed by atoms with E-state index < -0.39 is 34.6 Å². The molecule has 9 heteroatoms. The van der Waals surface area contributed by atoms with Crippen LogP contribution in [0.4, 0.5) is 18.9 Å². The number of benzene rings is 1. The van der Waals surface area contributed by atoms with Crippen molar-refractivity contribution in [2.45, 2.75) is 24.8 Å². The van der Waals surface area contributed by atoms with Gasteiger partial charge in [0.25, 0.3) is 5.69 Å². The van der Waals surface area contributed by atoms with Crippen molar-refractivity contribution in [3.8, 4) is 0 Å². The Kier molecular flexibility index (Phi) is 5.64. The van der Waals surface area contributed by atoms with Gasteiger partial charge in [-0.2, -0.15) is 13.2 Å². The molecule has 0 aliphatic heterocycles. The largest absolute Gasteiger partial charge is 0.416 e. The summed E-state index contributed by atoms with van der Waals surface area (Å²) in [5.41, 5.74) is -2.41. The molecule has 2 unspecified atom stereocenters. The molecule has 0 saturated heterocycles. The van der Waals surface area contributed by atoms with Gasteiger partial charge in [0.15, 0.2) is 0 Å². The van der Waals surface area contributed by atoms with Gasteiger partial charge in [-0.05, 0) is 32.1 Å². The molecule has 2 atom stereocenters. The lowest BCUT2D eigenvalue weighted by atomic mass is 9.98. The highest BCUT2D eigenvalue weighted by atomic mass is 19.4. The second-order valence-electron chi connectivity index (χ2n) is 4.43. The molecule has 0 aliphatic rings. The van der Waals surface area contributed by atoms with E-state index >= 15 is 0 Å². The molecule has 3 N–H and O–H groups in total. The van der Waals surface area contributed by atoms with Gasteiger partial charge >= 0.3 is 6.18 Å². The second-order valence-corrected chi connectivity index (χ2v) is 4.43. The third kappa shape index (κ3) is 4.38. The summed E-state index contributed by atoms with van der Waals surface area (Å²) in [5.74, 6) is 0. The van der Waals surface area contributed by atoms with E-state index in [0.29, 0.717) is 18.7 Å². The average molecular weight is 308 g/mol. The molecule has 0 amide bonds. The van der Waals surface area contributed by atoms with Crippen LogP contribution in [0.2, 0.25) is 0 Å². The zero-order valence-electron chi connectivity index (χ0n) is 11.1. The number of nitro benzene ring substituents is 1. The zero-order valence-corrected chi connectivity index (χ0v) is 11.1. The minimum absolute atomic E-state index is 0.0931. The van der Waals surface area contributed by atoms with E-state index in [0.717, 1.165) is 6.07 Å². The number of alkyl halides is 3. The van der Waals surface area contributed by atoms with Crippen molar-refractivity contribution < 1.29 is 28.3 Å². The van der Waals surface area contributed by atoms with Crippen molar-refractivity contribution >= 4 is 5.69 Å². The first-order chi connectivity index (χ1) is 9.68. The summed E-state index contributed by atoms with van der Waals surface area (Å²) in [7, 11) is 1.61. The maximum absolute atomic E-state index is 12.5.